The predicted octanol–water partition coefficient (Wildman–Crippen LogP) is 5.64. The molecule has 3 nitrogen and oxygen atoms in total. The molecule has 0 spiro atoms. The monoisotopic (exact) mass is 381 g/mol. The smallest absolute Gasteiger partial charge is 0.235 e. The Morgan fingerprint density at radius 1 is 0.690 bits per heavy atom. The Morgan fingerprint density at radius 2 is 1.24 bits per heavy atom. The maximum Gasteiger partial charge on any atom is 0.235 e. The lowest BCUT2D eigenvalue weighted by molar-refractivity contribution is -0.133. The minimum absolute atomic E-state index is 0.0580. The Kier molecular flexibility index (Phi) is 5.87. The van der Waals surface area contributed by atoms with E-state index in [0.29, 0.717) is 13.1 Å². The van der Waals surface area contributed by atoms with Gasteiger partial charge in [0, 0.05) is 6.54 Å². The Morgan fingerprint density at radius 3 is 1.76 bits per heavy atom. The molecule has 0 bridgehead atoms. The highest BCUT2D eigenvalue weighted by Gasteiger charge is 2.28. The van der Waals surface area contributed by atoms with E-state index in [1.54, 1.807) is 6.26 Å². The Balaban J connectivity index is 1.71. The minimum Gasteiger partial charge on any atom is -0.467 e. The van der Waals surface area contributed by atoms with Gasteiger partial charge < -0.3 is 9.32 Å². The molecule has 29 heavy (non-hydrogen) atoms. The number of rotatable bonds is 7. The Labute approximate surface area is 171 Å². The van der Waals surface area contributed by atoms with Crippen LogP contribution in [-0.2, 0) is 17.9 Å². The molecule has 3 aromatic carbocycles. The van der Waals surface area contributed by atoms with Gasteiger partial charge in [-0.15, -0.1) is 0 Å². The van der Waals surface area contributed by atoms with Crippen LogP contribution in [0.25, 0.3) is 0 Å². The highest BCUT2D eigenvalue weighted by Crippen LogP contribution is 2.28. The van der Waals surface area contributed by atoms with Crippen LogP contribution >= 0.6 is 0 Å². The van der Waals surface area contributed by atoms with E-state index in [-0.39, 0.29) is 11.8 Å². The van der Waals surface area contributed by atoms with Crippen LogP contribution in [0.1, 0.15) is 28.4 Å². The molecule has 0 atom stereocenters. The van der Waals surface area contributed by atoms with Gasteiger partial charge in [-0.25, -0.2) is 0 Å². The molecule has 144 valence electrons. The highest BCUT2D eigenvalue weighted by atomic mass is 16.3. The van der Waals surface area contributed by atoms with Crippen molar-refractivity contribution in [1.82, 2.24) is 4.90 Å². The van der Waals surface area contributed by atoms with Crippen LogP contribution in [0.3, 0.4) is 0 Å². The summed E-state index contributed by atoms with van der Waals surface area (Å²) in [4.78, 5) is 15.7. The van der Waals surface area contributed by atoms with Crippen molar-refractivity contribution in [3.8, 4) is 0 Å². The van der Waals surface area contributed by atoms with Crippen LogP contribution in [0, 0.1) is 0 Å². The molecular formula is C26H23NO2. The zero-order valence-corrected chi connectivity index (χ0v) is 16.1. The maximum absolute atomic E-state index is 13.9. The molecule has 0 saturated heterocycles. The van der Waals surface area contributed by atoms with E-state index < -0.39 is 0 Å². The van der Waals surface area contributed by atoms with Gasteiger partial charge in [-0.05, 0) is 28.8 Å². The van der Waals surface area contributed by atoms with Gasteiger partial charge in [0.1, 0.15) is 5.76 Å². The molecule has 0 aliphatic carbocycles. The third-order valence-electron chi connectivity index (χ3n) is 4.97. The minimum atomic E-state index is -0.365. The van der Waals surface area contributed by atoms with E-state index in [2.05, 4.69) is 0 Å². The van der Waals surface area contributed by atoms with Crippen LogP contribution in [0.4, 0.5) is 0 Å². The molecule has 4 rings (SSSR count). The maximum atomic E-state index is 13.9. The largest absolute Gasteiger partial charge is 0.467 e. The van der Waals surface area contributed by atoms with Crippen molar-refractivity contribution in [3.63, 3.8) is 0 Å². The summed E-state index contributed by atoms with van der Waals surface area (Å²) in [5.41, 5.74) is 3.06. The topological polar surface area (TPSA) is 33.5 Å². The summed E-state index contributed by atoms with van der Waals surface area (Å²) >= 11 is 0. The average molecular weight is 381 g/mol. The normalized spacial score (nSPS) is 10.8. The number of nitrogens with zero attached hydrogens (tertiary/aromatic N) is 1. The van der Waals surface area contributed by atoms with Crippen LogP contribution in [0.5, 0.6) is 0 Å². The van der Waals surface area contributed by atoms with E-state index in [1.165, 1.54) is 0 Å². The lowest BCUT2D eigenvalue weighted by Crippen LogP contribution is -2.34. The Bertz CT molecular complexity index is 973. The predicted molar refractivity (Wildman–Crippen MR) is 114 cm³/mol. The number of furan rings is 1. The van der Waals surface area contributed by atoms with Gasteiger partial charge in [0.05, 0.1) is 18.7 Å². The molecule has 3 heteroatoms. The number of amides is 1. The van der Waals surface area contributed by atoms with Crippen molar-refractivity contribution >= 4 is 5.91 Å². The highest BCUT2D eigenvalue weighted by molar-refractivity contribution is 5.87. The van der Waals surface area contributed by atoms with Gasteiger partial charge in [-0.2, -0.15) is 0 Å². The van der Waals surface area contributed by atoms with Crippen molar-refractivity contribution in [2.24, 2.45) is 0 Å². The van der Waals surface area contributed by atoms with Crippen molar-refractivity contribution in [3.05, 3.63) is 132 Å². The first kappa shape index (κ1) is 18.8. The first-order chi connectivity index (χ1) is 14.3. The summed E-state index contributed by atoms with van der Waals surface area (Å²) in [6.45, 7) is 0.952. The summed E-state index contributed by atoms with van der Waals surface area (Å²) in [6, 6.07) is 33.8. The van der Waals surface area contributed by atoms with Crippen LogP contribution in [-0.4, -0.2) is 10.8 Å². The third-order valence-corrected chi connectivity index (χ3v) is 4.97. The zero-order chi connectivity index (χ0) is 19.9. The molecule has 0 saturated carbocycles. The number of hydrogen-bond acceptors (Lipinski definition) is 2. The quantitative estimate of drug-likeness (QED) is 0.415. The second kappa shape index (κ2) is 9.07. The van der Waals surface area contributed by atoms with Crippen LogP contribution in [0.15, 0.2) is 114 Å². The van der Waals surface area contributed by atoms with E-state index >= 15 is 0 Å². The van der Waals surface area contributed by atoms with Crippen LogP contribution < -0.4 is 0 Å². The summed E-state index contributed by atoms with van der Waals surface area (Å²) in [6.07, 6.45) is 1.65. The van der Waals surface area contributed by atoms with Gasteiger partial charge in [-0.3, -0.25) is 4.79 Å². The second-order valence-corrected chi connectivity index (χ2v) is 7.01. The zero-order valence-electron chi connectivity index (χ0n) is 16.1. The number of carbonyl (C=O) groups excluding carboxylic acids is 1. The molecule has 0 aliphatic heterocycles. The first-order valence-corrected chi connectivity index (χ1v) is 9.76. The average Bonchev–Trinajstić information content (AvgIpc) is 3.29. The number of carbonyl (C=O) groups is 1. The summed E-state index contributed by atoms with van der Waals surface area (Å²) < 4.78 is 5.55. The molecular weight excluding hydrogens is 358 g/mol. The van der Waals surface area contributed by atoms with Gasteiger partial charge >= 0.3 is 0 Å². The van der Waals surface area contributed by atoms with E-state index in [9.17, 15) is 4.79 Å². The van der Waals surface area contributed by atoms with Gasteiger partial charge in [0.15, 0.2) is 0 Å². The van der Waals surface area contributed by atoms with Gasteiger partial charge in [0.25, 0.3) is 0 Å². The summed E-state index contributed by atoms with van der Waals surface area (Å²) in [5, 5.41) is 0. The van der Waals surface area contributed by atoms with Crippen molar-refractivity contribution < 1.29 is 9.21 Å². The second-order valence-electron chi connectivity index (χ2n) is 7.01. The standard InChI is InChI=1S/C26H23NO2/c28-26(25(22-13-6-2-7-14-22)23-15-8-3-9-16-23)27(20-24-17-10-18-29-24)19-21-11-4-1-5-12-21/h1-18,25H,19-20H2. The SMILES string of the molecule is O=C(C(c1ccccc1)c1ccccc1)N(Cc1ccccc1)Cc1ccco1. The molecule has 0 aliphatic rings. The van der Waals surface area contributed by atoms with E-state index in [1.807, 2.05) is 108 Å². The Hall–Kier alpha value is -3.59. The van der Waals surface area contributed by atoms with Crippen molar-refractivity contribution in [2.45, 2.75) is 19.0 Å². The van der Waals surface area contributed by atoms with Crippen molar-refractivity contribution in [2.75, 3.05) is 0 Å². The van der Waals surface area contributed by atoms with Crippen molar-refractivity contribution in [1.29, 1.82) is 0 Å². The molecule has 0 unspecified atom stereocenters. The van der Waals surface area contributed by atoms with E-state index in [4.69, 9.17) is 4.42 Å². The summed E-state index contributed by atoms with van der Waals surface area (Å²) in [7, 11) is 0. The molecule has 1 amide bonds. The first-order valence-electron chi connectivity index (χ1n) is 9.76. The molecule has 0 fully saturated rings. The molecule has 1 heterocycles. The fourth-order valence-electron chi connectivity index (χ4n) is 3.56. The van der Waals surface area contributed by atoms with E-state index in [0.717, 1.165) is 22.5 Å². The number of hydrogen-bond donors (Lipinski definition) is 0. The molecule has 0 radical (unpaired) electrons. The van der Waals surface area contributed by atoms with Gasteiger partial charge in [-0.1, -0.05) is 91.0 Å². The lowest BCUT2D eigenvalue weighted by atomic mass is 9.90. The van der Waals surface area contributed by atoms with Gasteiger partial charge in [0.2, 0.25) is 5.91 Å². The fraction of sp³-hybridized carbons (Fsp3) is 0.115. The number of benzene rings is 3. The summed E-state index contributed by atoms with van der Waals surface area (Å²) in [5.74, 6) is 0.466. The third kappa shape index (κ3) is 4.64. The molecule has 4 aromatic rings. The fourth-order valence-corrected chi connectivity index (χ4v) is 3.56. The molecule has 1 aromatic heterocycles. The lowest BCUT2D eigenvalue weighted by Gasteiger charge is -2.27. The van der Waals surface area contributed by atoms with Crippen LogP contribution in [0.2, 0.25) is 0 Å². The molecule has 0 N–H and O–H groups in total.